The van der Waals surface area contributed by atoms with E-state index < -0.39 is 0 Å². The topological polar surface area (TPSA) is 65.7 Å². The molecule has 136 valence electrons. The minimum Gasteiger partial charge on any atom is -0.508 e. The van der Waals surface area contributed by atoms with Gasteiger partial charge in [0, 0.05) is 17.0 Å². The van der Waals surface area contributed by atoms with Crippen molar-refractivity contribution >= 4 is 17.2 Å². The second-order valence-corrected chi connectivity index (χ2v) is 7.14. The molecular weight excluding hydrogens is 348 g/mol. The van der Waals surface area contributed by atoms with Crippen LogP contribution in [0.5, 0.6) is 5.75 Å². The molecule has 0 fully saturated rings. The van der Waals surface area contributed by atoms with Crippen LogP contribution >= 0.6 is 11.3 Å². The summed E-state index contributed by atoms with van der Waals surface area (Å²) in [5.41, 5.74) is 0.776. The maximum absolute atomic E-state index is 12.5. The number of rotatable bonds is 8. The summed E-state index contributed by atoms with van der Waals surface area (Å²) in [5, 5.41) is 15.1. The molecule has 26 heavy (non-hydrogen) atoms. The summed E-state index contributed by atoms with van der Waals surface area (Å²) in [4.78, 5) is 15.6. The van der Waals surface area contributed by atoms with E-state index in [0.29, 0.717) is 13.1 Å². The summed E-state index contributed by atoms with van der Waals surface area (Å²) in [7, 11) is 0. The quantitative estimate of drug-likeness (QED) is 0.631. The molecule has 0 radical (unpaired) electrons. The van der Waals surface area contributed by atoms with Gasteiger partial charge in [-0.15, -0.1) is 11.3 Å². The van der Waals surface area contributed by atoms with Gasteiger partial charge < -0.3 is 14.8 Å². The lowest BCUT2D eigenvalue weighted by molar-refractivity contribution is -0.123. The predicted octanol–water partition coefficient (Wildman–Crippen LogP) is 3.93. The van der Waals surface area contributed by atoms with Crippen LogP contribution in [0.4, 0.5) is 0 Å². The van der Waals surface area contributed by atoms with Gasteiger partial charge in [-0.2, -0.15) is 0 Å². The Kier molecular flexibility index (Phi) is 6.09. The van der Waals surface area contributed by atoms with Crippen LogP contribution in [0.25, 0.3) is 0 Å². The molecule has 1 unspecified atom stereocenters. The van der Waals surface area contributed by atoms with Gasteiger partial charge in [-0.3, -0.25) is 9.69 Å². The highest BCUT2D eigenvalue weighted by molar-refractivity contribution is 7.10. The van der Waals surface area contributed by atoms with Crippen molar-refractivity contribution in [3.8, 4) is 5.75 Å². The van der Waals surface area contributed by atoms with Crippen LogP contribution in [0.2, 0.25) is 0 Å². The molecule has 0 aliphatic heterocycles. The molecule has 3 aromatic rings. The Bertz CT molecular complexity index is 815. The van der Waals surface area contributed by atoms with E-state index in [0.717, 1.165) is 16.2 Å². The predicted molar refractivity (Wildman–Crippen MR) is 102 cm³/mol. The SMILES string of the molecule is CC(NC(=O)CN(Cc1ccco1)Cc1ccccc1O)c1cccs1. The zero-order valence-corrected chi connectivity index (χ0v) is 15.4. The van der Waals surface area contributed by atoms with Crippen LogP contribution in [-0.4, -0.2) is 22.5 Å². The normalized spacial score (nSPS) is 12.2. The summed E-state index contributed by atoms with van der Waals surface area (Å²) in [6.45, 7) is 3.13. The summed E-state index contributed by atoms with van der Waals surface area (Å²) in [6, 6.07) is 14.8. The third-order valence-electron chi connectivity index (χ3n) is 4.06. The highest BCUT2D eigenvalue weighted by atomic mass is 32.1. The maximum Gasteiger partial charge on any atom is 0.234 e. The summed E-state index contributed by atoms with van der Waals surface area (Å²) < 4.78 is 5.42. The molecule has 3 rings (SSSR count). The van der Waals surface area contributed by atoms with Gasteiger partial charge in [0.05, 0.1) is 25.4 Å². The Morgan fingerprint density at radius 2 is 2.04 bits per heavy atom. The van der Waals surface area contributed by atoms with Gasteiger partial charge in [0.1, 0.15) is 11.5 Å². The zero-order valence-electron chi connectivity index (χ0n) is 14.6. The molecule has 0 bridgehead atoms. The smallest absolute Gasteiger partial charge is 0.234 e. The molecule has 0 spiro atoms. The van der Waals surface area contributed by atoms with Crippen LogP contribution in [0.15, 0.2) is 64.6 Å². The molecule has 2 heterocycles. The first-order valence-corrected chi connectivity index (χ1v) is 9.34. The van der Waals surface area contributed by atoms with Crippen molar-refractivity contribution in [2.75, 3.05) is 6.54 Å². The molecule has 2 N–H and O–H groups in total. The number of nitrogens with one attached hydrogen (secondary N) is 1. The Morgan fingerprint density at radius 3 is 2.73 bits per heavy atom. The van der Waals surface area contributed by atoms with E-state index in [-0.39, 0.29) is 24.2 Å². The number of carbonyl (C=O) groups excluding carboxylic acids is 1. The van der Waals surface area contributed by atoms with Crippen molar-refractivity contribution in [2.24, 2.45) is 0 Å². The number of hydrogen-bond acceptors (Lipinski definition) is 5. The van der Waals surface area contributed by atoms with Crippen molar-refractivity contribution in [1.82, 2.24) is 10.2 Å². The van der Waals surface area contributed by atoms with Gasteiger partial charge in [0.2, 0.25) is 5.91 Å². The molecule has 1 aromatic carbocycles. The van der Waals surface area contributed by atoms with Crippen LogP contribution in [-0.2, 0) is 17.9 Å². The summed E-state index contributed by atoms with van der Waals surface area (Å²) in [6.07, 6.45) is 1.62. The average molecular weight is 370 g/mol. The number of nitrogens with zero attached hydrogens (tertiary/aromatic N) is 1. The van der Waals surface area contributed by atoms with E-state index >= 15 is 0 Å². The molecule has 6 heteroatoms. The highest BCUT2D eigenvalue weighted by Crippen LogP contribution is 2.20. The van der Waals surface area contributed by atoms with E-state index in [4.69, 9.17) is 4.42 Å². The number of thiophene rings is 1. The average Bonchev–Trinajstić information content (AvgIpc) is 3.30. The first-order valence-electron chi connectivity index (χ1n) is 8.46. The van der Waals surface area contributed by atoms with Crippen molar-refractivity contribution in [3.05, 3.63) is 76.4 Å². The number of furan rings is 1. The van der Waals surface area contributed by atoms with E-state index in [2.05, 4.69) is 5.32 Å². The zero-order chi connectivity index (χ0) is 18.4. The fourth-order valence-electron chi connectivity index (χ4n) is 2.78. The maximum atomic E-state index is 12.5. The minimum atomic E-state index is -0.0622. The minimum absolute atomic E-state index is 0.0295. The molecule has 5 nitrogen and oxygen atoms in total. The molecular formula is C20H22N2O3S. The van der Waals surface area contributed by atoms with Crippen LogP contribution in [0.1, 0.15) is 29.2 Å². The standard InChI is InChI=1S/C20H22N2O3S/c1-15(19-9-5-11-26-19)21-20(24)14-22(13-17-7-4-10-25-17)12-16-6-2-3-8-18(16)23/h2-11,15,23H,12-14H2,1H3,(H,21,24). The fraction of sp³-hybridized carbons (Fsp3) is 0.250. The monoisotopic (exact) mass is 370 g/mol. The molecule has 1 amide bonds. The first kappa shape index (κ1) is 18.2. The number of amides is 1. The van der Waals surface area contributed by atoms with E-state index in [1.54, 1.807) is 29.7 Å². The summed E-state index contributed by atoms with van der Waals surface area (Å²) in [5.74, 6) is 0.941. The number of hydrogen-bond donors (Lipinski definition) is 2. The highest BCUT2D eigenvalue weighted by Gasteiger charge is 2.17. The Morgan fingerprint density at radius 1 is 1.19 bits per heavy atom. The molecule has 0 aliphatic carbocycles. The third kappa shape index (κ3) is 4.97. The number of aromatic hydroxyl groups is 1. The fourth-order valence-corrected chi connectivity index (χ4v) is 3.51. The van der Waals surface area contributed by atoms with Crippen molar-refractivity contribution in [2.45, 2.75) is 26.1 Å². The number of carbonyl (C=O) groups is 1. The van der Waals surface area contributed by atoms with E-state index in [9.17, 15) is 9.90 Å². The largest absolute Gasteiger partial charge is 0.508 e. The number of benzene rings is 1. The molecule has 0 saturated heterocycles. The Hall–Kier alpha value is -2.57. The number of phenols is 1. The van der Waals surface area contributed by atoms with Crippen molar-refractivity contribution in [3.63, 3.8) is 0 Å². The lowest BCUT2D eigenvalue weighted by Crippen LogP contribution is -2.37. The lowest BCUT2D eigenvalue weighted by atomic mass is 10.2. The second kappa shape index (κ2) is 8.69. The van der Waals surface area contributed by atoms with E-state index in [1.807, 2.05) is 53.6 Å². The van der Waals surface area contributed by atoms with Gasteiger partial charge in [-0.25, -0.2) is 0 Å². The van der Waals surface area contributed by atoms with Crippen LogP contribution in [0.3, 0.4) is 0 Å². The van der Waals surface area contributed by atoms with Gasteiger partial charge in [0.25, 0.3) is 0 Å². The first-order chi connectivity index (χ1) is 12.6. The van der Waals surface area contributed by atoms with Gasteiger partial charge in [0.15, 0.2) is 0 Å². The Labute approximate surface area is 156 Å². The van der Waals surface area contributed by atoms with Gasteiger partial charge in [-0.1, -0.05) is 24.3 Å². The number of para-hydroxylation sites is 1. The molecule has 2 aromatic heterocycles. The van der Waals surface area contributed by atoms with E-state index in [1.165, 1.54) is 0 Å². The van der Waals surface area contributed by atoms with Crippen molar-refractivity contribution in [1.29, 1.82) is 0 Å². The number of phenolic OH excluding ortho intramolecular Hbond substituents is 1. The molecule has 0 aliphatic rings. The van der Waals surface area contributed by atoms with Gasteiger partial charge >= 0.3 is 0 Å². The molecule has 1 atom stereocenters. The molecule has 0 saturated carbocycles. The lowest BCUT2D eigenvalue weighted by Gasteiger charge is -2.22. The van der Waals surface area contributed by atoms with Crippen LogP contribution < -0.4 is 5.32 Å². The van der Waals surface area contributed by atoms with Gasteiger partial charge in [-0.05, 0) is 36.6 Å². The second-order valence-electron chi connectivity index (χ2n) is 6.16. The Balaban J connectivity index is 1.66. The third-order valence-corrected chi connectivity index (χ3v) is 5.11. The van der Waals surface area contributed by atoms with Crippen molar-refractivity contribution < 1.29 is 14.3 Å². The van der Waals surface area contributed by atoms with Crippen LogP contribution in [0, 0.1) is 0 Å². The summed E-state index contributed by atoms with van der Waals surface area (Å²) >= 11 is 1.62.